The Kier molecular flexibility index (Phi) is 6.36. The summed E-state index contributed by atoms with van der Waals surface area (Å²) in [6.07, 6.45) is 0. The van der Waals surface area contributed by atoms with E-state index in [1.165, 1.54) is 24.3 Å². The van der Waals surface area contributed by atoms with Gasteiger partial charge >= 0.3 is 0 Å². The van der Waals surface area contributed by atoms with Crippen LogP contribution in [0.5, 0.6) is 0 Å². The van der Waals surface area contributed by atoms with Gasteiger partial charge in [-0.25, -0.2) is 16.8 Å². The third-order valence-electron chi connectivity index (χ3n) is 4.80. The molecule has 0 heterocycles. The molecule has 3 aromatic rings. The van der Waals surface area contributed by atoms with Crippen molar-refractivity contribution in [3.63, 3.8) is 0 Å². The van der Waals surface area contributed by atoms with Crippen LogP contribution in [0.1, 0.15) is 22.3 Å². The van der Waals surface area contributed by atoms with Gasteiger partial charge < -0.3 is 0 Å². The molecule has 0 fully saturated rings. The van der Waals surface area contributed by atoms with Crippen molar-refractivity contribution in [2.45, 2.75) is 37.5 Å². The summed E-state index contributed by atoms with van der Waals surface area (Å²) in [5, 5.41) is 0.451. The summed E-state index contributed by atoms with van der Waals surface area (Å²) in [7, 11) is -7.70. The first kappa shape index (κ1) is 23.1. The fourth-order valence-corrected chi connectivity index (χ4v) is 6.23. The number of nitrogens with one attached hydrogen (secondary N) is 2. The van der Waals surface area contributed by atoms with Crippen LogP contribution in [-0.2, 0) is 20.0 Å². The zero-order valence-electron chi connectivity index (χ0n) is 17.5. The van der Waals surface area contributed by atoms with Crippen molar-refractivity contribution in [3.8, 4) is 0 Å². The molecule has 0 saturated heterocycles. The van der Waals surface area contributed by atoms with E-state index < -0.39 is 20.0 Å². The fourth-order valence-electron chi connectivity index (χ4n) is 3.42. The SMILES string of the molecule is Cc1cc(C)c(S(=O)(=O)Nc2ccc(S(=O)(=O)Nc3cccc(Cl)c3C)cc2)c(C)c1. The summed E-state index contributed by atoms with van der Waals surface area (Å²) in [6.45, 7) is 7.11. The number of benzene rings is 3. The maximum absolute atomic E-state index is 12.9. The third-order valence-corrected chi connectivity index (χ3v) is 8.28. The molecule has 0 aliphatic rings. The molecule has 0 amide bonds. The molecule has 3 aromatic carbocycles. The highest BCUT2D eigenvalue weighted by atomic mass is 35.5. The molecule has 2 N–H and O–H groups in total. The molecule has 0 aliphatic carbocycles. The average molecular weight is 479 g/mol. The second-order valence-electron chi connectivity index (χ2n) is 7.38. The lowest BCUT2D eigenvalue weighted by Gasteiger charge is -2.15. The van der Waals surface area contributed by atoms with Crippen LogP contribution in [0.25, 0.3) is 0 Å². The molecule has 9 heteroatoms. The molecular formula is C22H23ClN2O4S2. The number of anilines is 2. The highest BCUT2D eigenvalue weighted by Crippen LogP contribution is 2.27. The lowest BCUT2D eigenvalue weighted by atomic mass is 10.1. The van der Waals surface area contributed by atoms with Crippen molar-refractivity contribution in [2.75, 3.05) is 9.44 Å². The summed E-state index contributed by atoms with van der Waals surface area (Å²) < 4.78 is 56.2. The Bertz CT molecular complexity index is 1330. The predicted molar refractivity (Wildman–Crippen MR) is 125 cm³/mol. The van der Waals surface area contributed by atoms with Gasteiger partial charge in [-0.1, -0.05) is 35.4 Å². The van der Waals surface area contributed by atoms with Gasteiger partial charge in [-0.3, -0.25) is 9.44 Å². The standard InChI is InChI=1S/C22H23ClN2O4S2/c1-14-12-15(2)22(16(3)13-14)31(28,29)24-18-8-10-19(11-9-18)30(26,27)25-21-7-5-6-20(23)17(21)4/h5-13,24-25H,1-4H3. The summed E-state index contributed by atoms with van der Waals surface area (Å²) in [5.41, 5.74) is 3.52. The Morgan fingerprint density at radius 3 is 1.90 bits per heavy atom. The summed E-state index contributed by atoms with van der Waals surface area (Å²) in [4.78, 5) is 0.213. The van der Waals surface area contributed by atoms with E-state index in [1.807, 2.05) is 6.92 Å². The van der Waals surface area contributed by atoms with Gasteiger partial charge in [-0.15, -0.1) is 0 Å². The minimum Gasteiger partial charge on any atom is -0.280 e. The maximum atomic E-state index is 12.9. The van der Waals surface area contributed by atoms with Gasteiger partial charge in [0, 0.05) is 10.7 Å². The van der Waals surface area contributed by atoms with Crippen LogP contribution in [0.2, 0.25) is 5.02 Å². The molecule has 0 radical (unpaired) electrons. The predicted octanol–water partition coefficient (Wildman–Crippen LogP) is 5.18. The average Bonchev–Trinajstić information content (AvgIpc) is 2.64. The highest BCUT2D eigenvalue weighted by Gasteiger charge is 2.21. The summed E-state index contributed by atoms with van der Waals surface area (Å²) >= 11 is 6.05. The molecule has 6 nitrogen and oxygen atoms in total. The second kappa shape index (κ2) is 8.53. The quantitative estimate of drug-likeness (QED) is 0.510. The first-order valence-corrected chi connectivity index (χ1v) is 12.7. The van der Waals surface area contributed by atoms with E-state index in [-0.39, 0.29) is 15.5 Å². The zero-order valence-corrected chi connectivity index (χ0v) is 19.9. The van der Waals surface area contributed by atoms with Crippen molar-refractivity contribution in [2.24, 2.45) is 0 Å². The number of hydrogen-bond donors (Lipinski definition) is 2. The van der Waals surface area contributed by atoms with Crippen LogP contribution >= 0.6 is 11.6 Å². The van der Waals surface area contributed by atoms with E-state index in [2.05, 4.69) is 9.44 Å². The van der Waals surface area contributed by atoms with Crippen LogP contribution in [0.4, 0.5) is 11.4 Å². The largest absolute Gasteiger partial charge is 0.280 e. The van der Waals surface area contributed by atoms with Gasteiger partial charge in [0.1, 0.15) is 0 Å². The van der Waals surface area contributed by atoms with Gasteiger partial charge in [0.05, 0.1) is 15.5 Å². The molecule has 0 saturated carbocycles. The minimum atomic E-state index is -3.87. The van der Waals surface area contributed by atoms with Gasteiger partial charge in [-0.2, -0.15) is 0 Å². The number of aryl methyl sites for hydroxylation is 3. The third kappa shape index (κ3) is 5.03. The van der Waals surface area contributed by atoms with Crippen molar-refractivity contribution in [3.05, 3.63) is 81.9 Å². The first-order valence-electron chi connectivity index (χ1n) is 9.39. The van der Waals surface area contributed by atoms with Gasteiger partial charge in [0.25, 0.3) is 20.0 Å². The highest BCUT2D eigenvalue weighted by molar-refractivity contribution is 7.93. The second-order valence-corrected chi connectivity index (χ2v) is 11.1. The van der Waals surface area contributed by atoms with E-state index in [4.69, 9.17) is 11.6 Å². The Labute approximate surface area is 188 Å². The van der Waals surface area contributed by atoms with E-state index in [0.29, 0.717) is 27.4 Å². The Hall–Kier alpha value is -2.55. The summed E-state index contributed by atoms with van der Waals surface area (Å²) in [6, 6.07) is 14.1. The van der Waals surface area contributed by atoms with Crippen molar-refractivity contribution >= 4 is 43.0 Å². The fraction of sp³-hybridized carbons (Fsp3) is 0.182. The summed E-state index contributed by atoms with van der Waals surface area (Å²) in [5.74, 6) is 0. The normalized spacial score (nSPS) is 11.9. The Balaban J connectivity index is 1.85. The van der Waals surface area contributed by atoms with E-state index in [9.17, 15) is 16.8 Å². The Morgan fingerprint density at radius 2 is 1.32 bits per heavy atom. The number of halogens is 1. The molecule has 0 aromatic heterocycles. The topological polar surface area (TPSA) is 92.3 Å². The molecule has 0 spiro atoms. The number of rotatable bonds is 6. The molecule has 0 atom stereocenters. The first-order chi connectivity index (χ1) is 14.4. The van der Waals surface area contributed by atoms with Crippen molar-refractivity contribution < 1.29 is 16.8 Å². The van der Waals surface area contributed by atoms with Gasteiger partial charge in [0.15, 0.2) is 0 Å². The van der Waals surface area contributed by atoms with Crippen molar-refractivity contribution in [1.82, 2.24) is 0 Å². The zero-order chi connectivity index (χ0) is 23.0. The van der Waals surface area contributed by atoms with Crippen molar-refractivity contribution in [1.29, 1.82) is 0 Å². The Morgan fingerprint density at radius 1 is 0.742 bits per heavy atom. The lowest BCUT2D eigenvalue weighted by Crippen LogP contribution is -2.16. The molecule has 0 unspecified atom stereocenters. The molecule has 0 aliphatic heterocycles. The van der Waals surface area contributed by atoms with Crippen LogP contribution in [-0.4, -0.2) is 16.8 Å². The van der Waals surface area contributed by atoms with Gasteiger partial charge in [0.2, 0.25) is 0 Å². The van der Waals surface area contributed by atoms with E-state index >= 15 is 0 Å². The monoisotopic (exact) mass is 478 g/mol. The van der Waals surface area contributed by atoms with Crippen LogP contribution in [0, 0.1) is 27.7 Å². The van der Waals surface area contributed by atoms with Gasteiger partial charge in [-0.05, 0) is 80.8 Å². The van der Waals surface area contributed by atoms with Crippen LogP contribution < -0.4 is 9.44 Å². The smallest absolute Gasteiger partial charge is 0.262 e. The number of sulfonamides is 2. The minimum absolute atomic E-state index is 0.00230. The van der Waals surface area contributed by atoms with E-state index in [1.54, 1.807) is 51.1 Å². The lowest BCUT2D eigenvalue weighted by molar-refractivity contribution is 0.599. The van der Waals surface area contributed by atoms with E-state index in [0.717, 1.165) is 5.56 Å². The molecule has 3 rings (SSSR count). The molecular weight excluding hydrogens is 456 g/mol. The van der Waals surface area contributed by atoms with Crippen LogP contribution in [0.15, 0.2) is 64.4 Å². The molecule has 31 heavy (non-hydrogen) atoms. The maximum Gasteiger partial charge on any atom is 0.262 e. The van der Waals surface area contributed by atoms with Crippen LogP contribution in [0.3, 0.4) is 0 Å². The molecule has 0 bridgehead atoms. The molecule has 164 valence electrons. The number of hydrogen-bond acceptors (Lipinski definition) is 4.